The average Bonchev–Trinajstić information content (AvgIpc) is 2.73. The summed E-state index contributed by atoms with van der Waals surface area (Å²) >= 11 is 0. The van der Waals surface area contributed by atoms with Crippen molar-refractivity contribution in [2.24, 2.45) is 0 Å². The molecule has 1 heterocycles. The van der Waals surface area contributed by atoms with Crippen molar-refractivity contribution < 1.29 is 19.0 Å². The molecule has 0 radical (unpaired) electrons. The Labute approximate surface area is 166 Å². The lowest BCUT2D eigenvalue weighted by atomic mass is 9.94. The van der Waals surface area contributed by atoms with E-state index in [2.05, 4.69) is 35.6 Å². The standard InChI is InChI=1S/C22H30N2O4/c1-23-21(25)13-24(2)11-5-8-22-27-14-17(15-28-22)19-7-4-6-16-12-18(26-3)9-10-20(16)19/h4,6-7,9-10,12,17,22H,5,8,11,13-15H2,1-3H3,(H,23,25). The van der Waals surface area contributed by atoms with Crippen LogP contribution in [-0.4, -0.2) is 64.6 Å². The van der Waals surface area contributed by atoms with Crippen LogP contribution in [0.25, 0.3) is 10.8 Å². The van der Waals surface area contributed by atoms with Crippen LogP contribution >= 0.6 is 0 Å². The zero-order chi connectivity index (χ0) is 19.9. The van der Waals surface area contributed by atoms with E-state index in [4.69, 9.17) is 14.2 Å². The van der Waals surface area contributed by atoms with Gasteiger partial charge < -0.3 is 19.5 Å². The number of nitrogens with zero attached hydrogens (tertiary/aromatic N) is 1. The Bertz CT molecular complexity index is 787. The van der Waals surface area contributed by atoms with Crippen LogP contribution in [0.1, 0.15) is 24.3 Å². The Balaban J connectivity index is 1.50. The van der Waals surface area contributed by atoms with Crippen molar-refractivity contribution in [1.82, 2.24) is 10.2 Å². The van der Waals surface area contributed by atoms with Crippen LogP contribution in [-0.2, 0) is 14.3 Å². The topological polar surface area (TPSA) is 60.0 Å². The number of carbonyl (C=O) groups is 1. The number of ether oxygens (including phenoxy) is 3. The number of rotatable bonds is 8. The molecule has 6 heteroatoms. The van der Waals surface area contributed by atoms with Crippen LogP contribution in [0.5, 0.6) is 5.75 Å². The van der Waals surface area contributed by atoms with Gasteiger partial charge >= 0.3 is 0 Å². The lowest BCUT2D eigenvalue weighted by Crippen LogP contribution is -2.35. The fraction of sp³-hybridized carbons (Fsp3) is 0.500. The molecule has 1 amide bonds. The SMILES string of the molecule is CNC(=O)CN(C)CCCC1OCC(c2cccc3cc(OC)ccc23)CO1. The predicted octanol–water partition coefficient (Wildman–Crippen LogP) is 2.76. The van der Waals surface area contributed by atoms with E-state index in [1.54, 1.807) is 14.2 Å². The fourth-order valence-corrected chi connectivity index (χ4v) is 3.59. The highest BCUT2D eigenvalue weighted by atomic mass is 16.7. The number of fused-ring (bicyclic) bond motifs is 1. The van der Waals surface area contributed by atoms with Gasteiger partial charge in [-0.2, -0.15) is 0 Å². The summed E-state index contributed by atoms with van der Waals surface area (Å²) in [5.74, 6) is 1.12. The van der Waals surface area contributed by atoms with E-state index in [0.29, 0.717) is 19.8 Å². The third kappa shape index (κ3) is 5.22. The molecule has 2 aromatic rings. The molecule has 28 heavy (non-hydrogen) atoms. The van der Waals surface area contributed by atoms with Gasteiger partial charge in [-0.1, -0.05) is 24.3 Å². The van der Waals surface area contributed by atoms with Crippen molar-refractivity contribution in [3.05, 3.63) is 42.0 Å². The molecule has 3 rings (SSSR count). The summed E-state index contributed by atoms with van der Waals surface area (Å²) in [7, 11) is 5.29. The lowest BCUT2D eigenvalue weighted by Gasteiger charge is -2.30. The maximum atomic E-state index is 11.4. The number of likely N-dealkylation sites (N-methyl/N-ethyl adjacent to an activating group) is 2. The number of hydrogen-bond acceptors (Lipinski definition) is 5. The van der Waals surface area contributed by atoms with Crippen molar-refractivity contribution in [2.45, 2.75) is 25.0 Å². The molecule has 0 atom stereocenters. The van der Waals surface area contributed by atoms with Crippen LogP contribution in [0.2, 0.25) is 0 Å². The summed E-state index contributed by atoms with van der Waals surface area (Å²) in [5.41, 5.74) is 1.25. The Morgan fingerprint density at radius 2 is 2.04 bits per heavy atom. The van der Waals surface area contributed by atoms with Crippen molar-refractivity contribution in [3.63, 3.8) is 0 Å². The second-order valence-electron chi connectivity index (χ2n) is 7.28. The van der Waals surface area contributed by atoms with E-state index >= 15 is 0 Å². The van der Waals surface area contributed by atoms with Crippen molar-refractivity contribution in [1.29, 1.82) is 0 Å². The minimum Gasteiger partial charge on any atom is -0.497 e. The molecule has 0 aromatic heterocycles. The molecule has 0 spiro atoms. The van der Waals surface area contributed by atoms with E-state index in [1.807, 2.05) is 18.0 Å². The van der Waals surface area contributed by atoms with Gasteiger partial charge in [-0.05, 0) is 54.9 Å². The van der Waals surface area contributed by atoms with Crippen molar-refractivity contribution in [3.8, 4) is 5.75 Å². The van der Waals surface area contributed by atoms with Crippen LogP contribution in [0.4, 0.5) is 0 Å². The second-order valence-corrected chi connectivity index (χ2v) is 7.28. The number of benzene rings is 2. The Morgan fingerprint density at radius 1 is 1.25 bits per heavy atom. The molecule has 1 saturated heterocycles. The smallest absolute Gasteiger partial charge is 0.233 e. The summed E-state index contributed by atoms with van der Waals surface area (Å²) in [6, 6.07) is 12.5. The highest BCUT2D eigenvalue weighted by molar-refractivity contribution is 5.87. The molecule has 1 aliphatic rings. The van der Waals surface area contributed by atoms with Gasteiger partial charge in [0.2, 0.25) is 5.91 Å². The first kappa shape index (κ1) is 20.6. The van der Waals surface area contributed by atoms with Crippen LogP contribution < -0.4 is 10.1 Å². The van der Waals surface area contributed by atoms with Gasteiger partial charge in [-0.3, -0.25) is 9.69 Å². The fourth-order valence-electron chi connectivity index (χ4n) is 3.59. The van der Waals surface area contributed by atoms with Gasteiger partial charge in [-0.25, -0.2) is 0 Å². The third-order valence-electron chi connectivity index (χ3n) is 5.20. The summed E-state index contributed by atoms with van der Waals surface area (Å²) in [6.07, 6.45) is 1.59. The minimum absolute atomic E-state index is 0.0308. The molecular formula is C22H30N2O4. The predicted molar refractivity (Wildman–Crippen MR) is 110 cm³/mol. The summed E-state index contributed by atoms with van der Waals surface area (Å²) in [6.45, 7) is 2.57. The molecular weight excluding hydrogens is 356 g/mol. The largest absolute Gasteiger partial charge is 0.497 e. The molecule has 0 bridgehead atoms. The second kappa shape index (κ2) is 9.87. The van der Waals surface area contributed by atoms with Crippen molar-refractivity contribution >= 4 is 16.7 Å². The third-order valence-corrected chi connectivity index (χ3v) is 5.20. The van der Waals surface area contributed by atoms with E-state index in [1.165, 1.54) is 10.9 Å². The van der Waals surface area contributed by atoms with Gasteiger partial charge in [0.05, 0.1) is 26.9 Å². The molecule has 0 aliphatic carbocycles. The highest BCUT2D eigenvalue weighted by Crippen LogP contribution is 2.31. The van der Waals surface area contributed by atoms with E-state index in [9.17, 15) is 4.79 Å². The molecule has 1 fully saturated rings. The van der Waals surface area contributed by atoms with Gasteiger partial charge in [0, 0.05) is 13.0 Å². The molecule has 2 aromatic carbocycles. The minimum atomic E-state index is -0.167. The Kier molecular flexibility index (Phi) is 7.25. The van der Waals surface area contributed by atoms with E-state index < -0.39 is 0 Å². The average molecular weight is 386 g/mol. The first-order chi connectivity index (χ1) is 13.6. The van der Waals surface area contributed by atoms with Gasteiger partial charge in [-0.15, -0.1) is 0 Å². The maximum absolute atomic E-state index is 11.4. The molecule has 0 saturated carbocycles. The normalized spacial score (nSPS) is 19.7. The number of methoxy groups -OCH3 is 1. The molecule has 1 N–H and O–H groups in total. The Hall–Kier alpha value is -2.15. The monoisotopic (exact) mass is 386 g/mol. The first-order valence-corrected chi connectivity index (χ1v) is 9.79. The quantitative estimate of drug-likeness (QED) is 0.756. The number of amides is 1. The van der Waals surface area contributed by atoms with Crippen LogP contribution in [0.3, 0.4) is 0 Å². The summed E-state index contributed by atoms with van der Waals surface area (Å²) in [4.78, 5) is 13.4. The molecule has 152 valence electrons. The Morgan fingerprint density at radius 3 is 2.75 bits per heavy atom. The van der Waals surface area contributed by atoms with Crippen LogP contribution in [0.15, 0.2) is 36.4 Å². The lowest BCUT2D eigenvalue weighted by molar-refractivity contribution is -0.190. The summed E-state index contributed by atoms with van der Waals surface area (Å²) < 4.78 is 17.3. The van der Waals surface area contributed by atoms with Gasteiger partial charge in [0.15, 0.2) is 6.29 Å². The summed E-state index contributed by atoms with van der Waals surface area (Å²) in [5, 5.41) is 5.02. The molecule has 6 nitrogen and oxygen atoms in total. The van der Waals surface area contributed by atoms with Crippen molar-refractivity contribution in [2.75, 3.05) is 47.5 Å². The van der Waals surface area contributed by atoms with E-state index in [0.717, 1.165) is 30.5 Å². The maximum Gasteiger partial charge on any atom is 0.233 e. The zero-order valence-electron chi connectivity index (χ0n) is 16.9. The molecule has 1 aliphatic heterocycles. The molecule has 0 unspecified atom stereocenters. The zero-order valence-corrected chi connectivity index (χ0v) is 16.9. The number of nitrogens with one attached hydrogen (secondary N) is 1. The van der Waals surface area contributed by atoms with Gasteiger partial charge in [0.25, 0.3) is 0 Å². The van der Waals surface area contributed by atoms with Gasteiger partial charge in [0.1, 0.15) is 5.75 Å². The van der Waals surface area contributed by atoms with Crippen LogP contribution in [0, 0.1) is 0 Å². The van der Waals surface area contributed by atoms with E-state index in [-0.39, 0.29) is 18.1 Å². The highest BCUT2D eigenvalue weighted by Gasteiger charge is 2.24. The number of carbonyl (C=O) groups excluding carboxylic acids is 1. The number of hydrogen-bond donors (Lipinski definition) is 1. The first-order valence-electron chi connectivity index (χ1n) is 9.79.